The third kappa shape index (κ3) is 3.45. The van der Waals surface area contributed by atoms with Gasteiger partial charge in [0, 0.05) is 20.8 Å². The van der Waals surface area contributed by atoms with E-state index >= 15 is 0 Å². The number of esters is 3. The van der Waals surface area contributed by atoms with Crippen LogP contribution in [0.15, 0.2) is 0 Å². The van der Waals surface area contributed by atoms with Gasteiger partial charge in [-0.05, 0) is 0 Å². The van der Waals surface area contributed by atoms with Crippen LogP contribution in [0.25, 0.3) is 0 Å². The zero-order valence-electron chi connectivity index (χ0n) is 12.3. The largest absolute Gasteiger partial charge is 0.463 e. The van der Waals surface area contributed by atoms with Crippen LogP contribution in [-0.4, -0.2) is 55.2 Å². The summed E-state index contributed by atoms with van der Waals surface area (Å²) in [5, 5.41) is 0. The molecule has 2 heterocycles. The highest BCUT2D eigenvalue weighted by atomic mass is 16.8. The molecule has 20 heavy (non-hydrogen) atoms. The van der Waals surface area contributed by atoms with Gasteiger partial charge in [0.1, 0.15) is 12.7 Å². The molecule has 8 heteroatoms. The van der Waals surface area contributed by atoms with Crippen LogP contribution in [0.5, 0.6) is 0 Å². The van der Waals surface area contributed by atoms with Crippen LogP contribution in [-0.2, 0) is 38.1 Å². The van der Waals surface area contributed by atoms with E-state index in [0.717, 1.165) is 0 Å². The van der Waals surface area contributed by atoms with Crippen molar-refractivity contribution >= 4 is 17.9 Å². The van der Waals surface area contributed by atoms with Crippen molar-refractivity contribution in [2.45, 2.75) is 51.5 Å². The van der Waals surface area contributed by atoms with Crippen LogP contribution in [0.3, 0.4) is 0 Å². The fraction of sp³-hybridized carbons (Fsp3) is 0.750. The van der Waals surface area contributed by atoms with Gasteiger partial charge in [-0.3, -0.25) is 14.4 Å². The van der Waals surface area contributed by atoms with Gasteiger partial charge in [0.2, 0.25) is 0 Å². The first kappa shape index (κ1) is 13.3. The van der Waals surface area contributed by atoms with Crippen molar-refractivity contribution in [3.05, 3.63) is 0 Å². The Hall–Kier alpha value is -1.67. The maximum absolute atomic E-state index is 11.2. The molecule has 0 bridgehead atoms. The molecule has 0 aromatic carbocycles. The van der Waals surface area contributed by atoms with Crippen molar-refractivity contribution in [1.82, 2.24) is 0 Å². The van der Waals surface area contributed by atoms with Crippen molar-refractivity contribution in [3.63, 3.8) is 0 Å². The van der Waals surface area contributed by atoms with Crippen molar-refractivity contribution in [3.8, 4) is 0 Å². The summed E-state index contributed by atoms with van der Waals surface area (Å²) in [7, 11) is 0. The van der Waals surface area contributed by atoms with Crippen LogP contribution >= 0.6 is 0 Å². The fourth-order valence-electron chi connectivity index (χ4n) is 1.97. The number of fused-ring (bicyclic) bond motifs is 1. The van der Waals surface area contributed by atoms with Crippen LogP contribution in [0.1, 0.15) is 22.1 Å². The molecule has 0 aromatic rings. The Morgan fingerprint density at radius 2 is 1.60 bits per heavy atom. The molecule has 112 valence electrons. The Kier molecular flexibility index (Phi) is 3.83. The average molecular weight is 289 g/mol. The predicted octanol–water partition coefficient (Wildman–Crippen LogP) is -0.463. The minimum atomic E-state index is -1.68. The topological polar surface area (TPSA) is 101 Å². The molecule has 2 fully saturated rings. The molecule has 0 aromatic heterocycles. The van der Waals surface area contributed by atoms with Crippen molar-refractivity contribution in [2.75, 3.05) is 6.61 Å². The van der Waals surface area contributed by atoms with Gasteiger partial charge in [0.15, 0.2) is 24.6 Å². The highest BCUT2D eigenvalue weighted by molar-refractivity contribution is 5.68. The average Bonchev–Trinajstić information content (AvgIpc) is 3.01. The molecule has 8 nitrogen and oxygen atoms in total. The van der Waals surface area contributed by atoms with Gasteiger partial charge in [-0.15, -0.1) is 0 Å². The number of carbonyl (C=O) groups is 3. The van der Waals surface area contributed by atoms with Crippen molar-refractivity contribution in [2.24, 2.45) is 0 Å². The molecule has 0 radical (unpaired) electrons. The molecule has 0 aliphatic carbocycles. The maximum Gasteiger partial charge on any atom is 0.303 e. The second-order valence-electron chi connectivity index (χ2n) is 4.46. The minimum absolute atomic E-state index is 0.248. The summed E-state index contributed by atoms with van der Waals surface area (Å²) in [5.41, 5.74) is 0. The van der Waals surface area contributed by atoms with Crippen molar-refractivity contribution in [1.29, 1.82) is 0 Å². The molecule has 0 spiro atoms. The lowest BCUT2D eigenvalue weighted by molar-refractivity contribution is -0.197. The first-order chi connectivity index (χ1) is 9.73. The van der Waals surface area contributed by atoms with Crippen molar-refractivity contribution < 1.29 is 39.4 Å². The number of epoxide rings is 1. The smallest absolute Gasteiger partial charge is 0.303 e. The maximum atomic E-state index is 11.2. The minimum Gasteiger partial charge on any atom is -0.463 e. The van der Waals surface area contributed by atoms with E-state index < -0.39 is 48.6 Å². The van der Waals surface area contributed by atoms with Gasteiger partial charge in [0.25, 0.3) is 0 Å². The molecule has 2 aliphatic heterocycles. The predicted molar refractivity (Wildman–Crippen MR) is 61.3 cm³/mol. The second kappa shape index (κ2) is 5.76. The van der Waals surface area contributed by atoms with Gasteiger partial charge in [-0.2, -0.15) is 0 Å². The zero-order chi connectivity index (χ0) is 15.8. The van der Waals surface area contributed by atoms with E-state index in [1.54, 1.807) is 0 Å². The molecule has 2 rings (SSSR count). The molecule has 0 N–H and O–H groups in total. The van der Waals surface area contributed by atoms with Gasteiger partial charge < -0.3 is 23.7 Å². The van der Waals surface area contributed by atoms with E-state index in [1.807, 2.05) is 0 Å². The molecular formula is C12H16O8. The lowest BCUT2D eigenvalue weighted by Gasteiger charge is -2.33. The molecule has 2 saturated heterocycles. The zero-order valence-corrected chi connectivity index (χ0v) is 11.3. The molecule has 2 aliphatic rings. The third-order valence-electron chi connectivity index (χ3n) is 2.73. The van der Waals surface area contributed by atoms with Gasteiger partial charge >= 0.3 is 17.9 Å². The summed E-state index contributed by atoms with van der Waals surface area (Å²) in [5.74, 6) is -1.78. The number of rotatable bonds is 4. The normalized spacial score (nSPS) is 39.0. The summed E-state index contributed by atoms with van der Waals surface area (Å²) in [4.78, 5) is 33.3. The summed E-state index contributed by atoms with van der Waals surface area (Å²) in [6.45, 7) is 3.33. The number of carbonyl (C=O) groups excluding carboxylic acids is 3. The quantitative estimate of drug-likeness (QED) is 0.389. The fourth-order valence-corrected chi connectivity index (χ4v) is 1.97. The monoisotopic (exact) mass is 289 g/mol. The van der Waals surface area contributed by atoms with Gasteiger partial charge in [-0.1, -0.05) is 0 Å². The Morgan fingerprint density at radius 3 is 2.15 bits per heavy atom. The first-order valence-corrected chi connectivity index (χ1v) is 6.06. The second-order valence-corrected chi connectivity index (χ2v) is 4.46. The van der Waals surface area contributed by atoms with Crippen LogP contribution in [0.2, 0.25) is 0 Å². The van der Waals surface area contributed by atoms with E-state index in [0.29, 0.717) is 0 Å². The van der Waals surface area contributed by atoms with Crippen LogP contribution < -0.4 is 0 Å². The highest BCUT2D eigenvalue weighted by Gasteiger charge is 2.60. The molecule has 5 atom stereocenters. The number of ether oxygens (including phenoxy) is 5. The first-order valence-electron chi connectivity index (χ1n) is 6.56. The molecule has 0 amide bonds. The third-order valence-corrected chi connectivity index (χ3v) is 2.73. The summed E-state index contributed by atoms with van der Waals surface area (Å²) in [6.07, 6.45) is -5.49. The number of hydrogen-bond donors (Lipinski definition) is 0. The van der Waals surface area contributed by atoms with E-state index in [2.05, 4.69) is 0 Å². The number of hydrogen-bond acceptors (Lipinski definition) is 8. The Bertz CT molecular complexity index is 466. The van der Waals surface area contributed by atoms with Crippen LogP contribution in [0.4, 0.5) is 0 Å². The van der Waals surface area contributed by atoms with E-state index in [-0.39, 0.29) is 6.61 Å². The highest BCUT2D eigenvalue weighted by Crippen LogP contribution is 2.38. The van der Waals surface area contributed by atoms with Gasteiger partial charge in [0.05, 0.1) is 1.37 Å². The summed E-state index contributed by atoms with van der Waals surface area (Å²) in [6, 6.07) is 0. The Balaban J connectivity index is 2.17. The standard InChI is InChI=1S/C12H16O8/c1-5(13)16-4-8-9(17-6(2)14)10(18-7(3)15)11-12(19-8)20-11/h8-12H,4H2,1-3H3/t8-,9-,10+,11-,12?/m1/s1/i12D. The van der Waals surface area contributed by atoms with Crippen LogP contribution in [0, 0.1) is 0 Å². The molecule has 0 saturated carbocycles. The molecular weight excluding hydrogens is 272 g/mol. The SMILES string of the molecule is [2H]C12O[C@@H]1[C@@H](OC(C)=O)[C@H](OC(C)=O)[C@@H](COC(C)=O)O2. The van der Waals surface area contributed by atoms with E-state index in [4.69, 9.17) is 25.1 Å². The van der Waals surface area contributed by atoms with E-state index in [9.17, 15) is 14.4 Å². The lowest BCUT2D eigenvalue weighted by atomic mass is 10.0. The Morgan fingerprint density at radius 1 is 1.00 bits per heavy atom. The lowest BCUT2D eigenvalue weighted by Crippen LogP contribution is -2.53. The summed E-state index contributed by atoms with van der Waals surface area (Å²) >= 11 is 0. The Labute approximate surface area is 116 Å². The summed E-state index contributed by atoms with van der Waals surface area (Å²) < 4.78 is 33.2. The van der Waals surface area contributed by atoms with E-state index in [1.165, 1.54) is 20.8 Å². The molecule has 1 unspecified atom stereocenters. The van der Waals surface area contributed by atoms with Gasteiger partial charge in [-0.25, -0.2) is 0 Å².